The van der Waals surface area contributed by atoms with Crippen molar-refractivity contribution in [3.63, 3.8) is 0 Å². The van der Waals surface area contributed by atoms with E-state index in [4.69, 9.17) is 0 Å². The van der Waals surface area contributed by atoms with Crippen LogP contribution in [0.5, 0.6) is 0 Å². The number of hydrogen-bond acceptors (Lipinski definition) is 4. The second kappa shape index (κ2) is 4.57. The lowest BCUT2D eigenvalue weighted by Crippen LogP contribution is -2.42. The Morgan fingerprint density at radius 3 is 2.64 bits per heavy atom. The quantitative estimate of drug-likeness (QED) is 0.639. The Hall–Kier alpha value is -0.170. The second-order valence-corrected chi connectivity index (χ2v) is 6.06. The highest BCUT2D eigenvalue weighted by molar-refractivity contribution is 7.89. The summed E-state index contributed by atoms with van der Waals surface area (Å²) in [6.45, 7) is 0.865. The molecule has 6 heteroatoms. The number of nitrogens with zero attached hydrogens (tertiary/aromatic N) is 1. The smallest absolute Gasteiger partial charge is 0.216 e. The third-order valence-electron chi connectivity index (χ3n) is 2.50. The van der Waals surface area contributed by atoms with Crippen LogP contribution in [0.2, 0.25) is 0 Å². The molecule has 0 unspecified atom stereocenters. The van der Waals surface area contributed by atoms with Crippen molar-refractivity contribution in [3.05, 3.63) is 0 Å². The summed E-state index contributed by atoms with van der Waals surface area (Å²) >= 11 is 0. The second-order valence-electron chi connectivity index (χ2n) is 3.83. The van der Waals surface area contributed by atoms with Gasteiger partial charge in [0.2, 0.25) is 10.0 Å². The molecule has 0 spiro atoms. The Bertz CT molecular complexity index is 270. The van der Waals surface area contributed by atoms with Crippen molar-refractivity contribution in [1.82, 2.24) is 9.62 Å². The molecule has 0 aliphatic carbocycles. The summed E-state index contributed by atoms with van der Waals surface area (Å²) in [5.74, 6) is -0.197. The molecule has 2 N–H and O–H groups in total. The van der Waals surface area contributed by atoms with E-state index in [9.17, 15) is 13.5 Å². The summed E-state index contributed by atoms with van der Waals surface area (Å²) in [5.41, 5.74) is 0. The van der Waals surface area contributed by atoms with Crippen LogP contribution in [0.4, 0.5) is 0 Å². The zero-order valence-electron chi connectivity index (χ0n) is 8.60. The Morgan fingerprint density at radius 2 is 2.21 bits per heavy atom. The van der Waals surface area contributed by atoms with Crippen LogP contribution in [0.1, 0.15) is 12.8 Å². The minimum absolute atomic E-state index is 0.0651. The summed E-state index contributed by atoms with van der Waals surface area (Å²) in [5, 5.41) is 12.8. The van der Waals surface area contributed by atoms with Crippen molar-refractivity contribution < 1.29 is 13.5 Å². The minimum atomic E-state index is -3.29. The summed E-state index contributed by atoms with van der Waals surface area (Å²) in [6, 6.07) is -0.0651. The molecule has 0 amide bonds. The fourth-order valence-electron chi connectivity index (χ4n) is 1.52. The summed E-state index contributed by atoms with van der Waals surface area (Å²) in [4.78, 5) is 0. The van der Waals surface area contributed by atoms with Gasteiger partial charge in [0.05, 0.1) is 11.9 Å². The van der Waals surface area contributed by atoms with Crippen LogP contribution in [-0.2, 0) is 10.0 Å². The van der Waals surface area contributed by atoms with Crippen molar-refractivity contribution >= 4 is 10.0 Å². The summed E-state index contributed by atoms with van der Waals surface area (Å²) in [6.07, 6.45) is 1.05. The van der Waals surface area contributed by atoms with E-state index in [0.717, 1.165) is 23.7 Å². The van der Waals surface area contributed by atoms with Crippen molar-refractivity contribution in [1.29, 1.82) is 0 Å². The lowest BCUT2D eigenvalue weighted by atomic mass is 10.1. The highest BCUT2D eigenvalue weighted by Gasteiger charge is 2.28. The molecule has 0 aromatic heterocycles. The van der Waals surface area contributed by atoms with Crippen LogP contribution >= 0.6 is 0 Å². The van der Waals surface area contributed by atoms with E-state index >= 15 is 0 Å². The number of aliphatic hydroxyl groups is 1. The van der Waals surface area contributed by atoms with E-state index in [0.29, 0.717) is 0 Å². The monoisotopic (exact) mass is 222 g/mol. The number of nitrogens with one attached hydrogen (secondary N) is 1. The van der Waals surface area contributed by atoms with Crippen molar-refractivity contribution in [3.8, 4) is 0 Å². The zero-order valence-corrected chi connectivity index (χ0v) is 9.42. The normalized spacial score (nSPS) is 25.6. The number of rotatable bonds is 4. The van der Waals surface area contributed by atoms with Crippen LogP contribution in [0.3, 0.4) is 0 Å². The number of sulfonamides is 1. The highest BCUT2D eigenvalue weighted by Crippen LogP contribution is 2.11. The van der Waals surface area contributed by atoms with E-state index in [1.807, 2.05) is 0 Å². The van der Waals surface area contributed by atoms with Gasteiger partial charge in [-0.1, -0.05) is 0 Å². The molecule has 1 rings (SSSR count). The molecule has 1 aliphatic rings. The molecule has 2 atom stereocenters. The Kier molecular flexibility index (Phi) is 3.88. The van der Waals surface area contributed by atoms with Crippen LogP contribution in [0.15, 0.2) is 0 Å². The number of hydrogen-bond donors (Lipinski definition) is 2. The van der Waals surface area contributed by atoms with Gasteiger partial charge in [-0.05, 0) is 19.4 Å². The zero-order chi connectivity index (χ0) is 10.8. The summed E-state index contributed by atoms with van der Waals surface area (Å²) < 4.78 is 24.0. The molecule has 1 heterocycles. The maximum absolute atomic E-state index is 11.4. The van der Waals surface area contributed by atoms with Gasteiger partial charge in [-0.25, -0.2) is 12.7 Å². The maximum atomic E-state index is 11.4. The van der Waals surface area contributed by atoms with Gasteiger partial charge >= 0.3 is 0 Å². The first-order valence-electron chi connectivity index (χ1n) is 4.75. The predicted molar refractivity (Wildman–Crippen MR) is 54.5 cm³/mol. The molecule has 0 saturated carbocycles. The van der Waals surface area contributed by atoms with Crippen LogP contribution in [-0.4, -0.2) is 56.4 Å². The fourth-order valence-corrected chi connectivity index (χ4v) is 2.48. The fraction of sp³-hybridized carbons (Fsp3) is 1.00. The first-order chi connectivity index (χ1) is 6.43. The molecule has 1 saturated heterocycles. The largest absolute Gasteiger partial charge is 0.390 e. The van der Waals surface area contributed by atoms with E-state index in [2.05, 4.69) is 5.32 Å². The standard InChI is InChI=1S/C8H18N2O3S/c1-10(2)14(12,13)6-8(11)7-4-3-5-9-7/h7-9,11H,3-6H2,1-2H3/t7-,8+/m0/s1. The molecule has 0 aromatic carbocycles. The lowest BCUT2D eigenvalue weighted by Gasteiger charge is -2.20. The van der Waals surface area contributed by atoms with E-state index in [1.165, 1.54) is 14.1 Å². The third kappa shape index (κ3) is 2.91. The maximum Gasteiger partial charge on any atom is 0.216 e. The van der Waals surface area contributed by atoms with Gasteiger partial charge in [0.25, 0.3) is 0 Å². The van der Waals surface area contributed by atoms with Crippen molar-refractivity contribution in [2.45, 2.75) is 25.0 Å². The minimum Gasteiger partial charge on any atom is -0.390 e. The Balaban J connectivity index is 2.51. The molecule has 1 aliphatic heterocycles. The average Bonchev–Trinajstić information content (AvgIpc) is 2.54. The SMILES string of the molecule is CN(C)S(=O)(=O)C[C@@H](O)[C@@H]1CCCN1. The first-order valence-corrected chi connectivity index (χ1v) is 6.36. The van der Waals surface area contributed by atoms with Crippen molar-refractivity contribution in [2.75, 3.05) is 26.4 Å². The van der Waals surface area contributed by atoms with E-state index in [1.54, 1.807) is 0 Å². The van der Waals surface area contributed by atoms with Gasteiger partial charge in [-0.2, -0.15) is 0 Å². The van der Waals surface area contributed by atoms with Crippen molar-refractivity contribution in [2.24, 2.45) is 0 Å². The van der Waals surface area contributed by atoms with Crippen LogP contribution in [0.25, 0.3) is 0 Å². The molecular formula is C8H18N2O3S. The Labute approximate surface area is 85.2 Å². The molecular weight excluding hydrogens is 204 g/mol. The van der Waals surface area contributed by atoms with Crippen LogP contribution in [0, 0.1) is 0 Å². The number of aliphatic hydroxyl groups excluding tert-OH is 1. The predicted octanol–water partition coefficient (Wildman–Crippen LogP) is -1.01. The lowest BCUT2D eigenvalue weighted by molar-refractivity contribution is 0.156. The molecule has 84 valence electrons. The van der Waals surface area contributed by atoms with E-state index < -0.39 is 16.1 Å². The van der Waals surface area contributed by atoms with Gasteiger partial charge in [-0.15, -0.1) is 0 Å². The van der Waals surface area contributed by atoms with Gasteiger partial charge in [0.1, 0.15) is 0 Å². The molecule has 0 bridgehead atoms. The molecule has 1 fully saturated rings. The highest BCUT2D eigenvalue weighted by atomic mass is 32.2. The van der Waals surface area contributed by atoms with Crippen LogP contribution < -0.4 is 5.32 Å². The average molecular weight is 222 g/mol. The van der Waals surface area contributed by atoms with Gasteiger partial charge in [0.15, 0.2) is 0 Å². The van der Waals surface area contributed by atoms with E-state index in [-0.39, 0.29) is 11.8 Å². The van der Waals surface area contributed by atoms with Gasteiger partial charge in [0, 0.05) is 20.1 Å². The van der Waals surface area contributed by atoms with Gasteiger partial charge in [-0.3, -0.25) is 0 Å². The van der Waals surface area contributed by atoms with Gasteiger partial charge < -0.3 is 10.4 Å². The molecule has 14 heavy (non-hydrogen) atoms. The summed E-state index contributed by atoms with van der Waals surface area (Å²) in [7, 11) is -0.339. The molecule has 0 radical (unpaired) electrons. The first kappa shape index (κ1) is 11.9. The molecule has 5 nitrogen and oxygen atoms in total. The Morgan fingerprint density at radius 1 is 1.57 bits per heavy atom. The molecule has 0 aromatic rings. The third-order valence-corrected chi connectivity index (χ3v) is 4.38. The topological polar surface area (TPSA) is 69.6 Å².